The molecule has 5 heteroatoms. The summed E-state index contributed by atoms with van der Waals surface area (Å²) >= 11 is 0. The lowest BCUT2D eigenvalue weighted by Gasteiger charge is -2.24. The minimum absolute atomic E-state index is 0.00967. The summed E-state index contributed by atoms with van der Waals surface area (Å²) in [5.74, 6) is -0.782. The molecule has 1 atom stereocenters. The number of nitrogens with one attached hydrogen (secondary N) is 1. The van der Waals surface area contributed by atoms with E-state index in [2.05, 4.69) is 5.32 Å². The number of aromatic hydroxyl groups is 1. The number of rotatable bonds is 4. The third-order valence-corrected chi connectivity index (χ3v) is 3.38. The van der Waals surface area contributed by atoms with Gasteiger partial charge in [-0.1, -0.05) is 12.1 Å². The van der Waals surface area contributed by atoms with E-state index in [1.807, 2.05) is 0 Å². The predicted molar refractivity (Wildman–Crippen MR) is 81.1 cm³/mol. The van der Waals surface area contributed by atoms with Gasteiger partial charge in [-0.2, -0.15) is 0 Å². The maximum atomic E-state index is 12.9. The second-order valence-electron chi connectivity index (χ2n) is 5.52. The lowest BCUT2D eigenvalue weighted by Crippen LogP contribution is -2.38. The first-order valence-corrected chi connectivity index (χ1v) is 6.85. The molecule has 22 heavy (non-hydrogen) atoms. The maximum Gasteiger partial charge on any atom is 0.251 e. The molecule has 0 aliphatic carbocycles. The first-order chi connectivity index (χ1) is 10.3. The number of carbonyl (C=O) groups excluding carboxylic acids is 1. The highest BCUT2D eigenvalue weighted by atomic mass is 19.1. The van der Waals surface area contributed by atoms with Gasteiger partial charge in [0.05, 0.1) is 6.54 Å². The predicted octanol–water partition coefficient (Wildman–Crippen LogP) is 2.48. The Kier molecular flexibility index (Phi) is 4.47. The second-order valence-corrected chi connectivity index (χ2v) is 5.52. The number of hydrogen-bond acceptors (Lipinski definition) is 3. The average molecular weight is 303 g/mol. The van der Waals surface area contributed by atoms with Crippen molar-refractivity contribution in [3.63, 3.8) is 0 Å². The highest BCUT2D eigenvalue weighted by Crippen LogP contribution is 2.20. The van der Waals surface area contributed by atoms with Gasteiger partial charge in [0.2, 0.25) is 0 Å². The SMILES string of the molecule is Cc1cc(O)cc(C(=O)NCC(C)(O)c2ccc(F)cc2)c1. The summed E-state index contributed by atoms with van der Waals surface area (Å²) in [5, 5.41) is 22.5. The average Bonchev–Trinajstić information content (AvgIpc) is 2.44. The number of halogens is 1. The summed E-state index contributed by atoms with van der Waals surface area (Å²) in [4.78, 5) is 12.1. The van der Waals surface area contributed by atoms with Crippen molar-refractivity contribution >= 4 is 5.91 Å². The van der Waals surface area contributed by atoms with Crippen molar-refractivity contribution in [2.45, 2.75) is 19.4 Å². The van der Waals surface area contributed by atoms with Crippen LogP contribution in [0.3, 0.4) is 0 Å². The van der Waals surface area contributed by atoms with Crippen LogP contribution < -0.4 is 5.32 Å². The molecule has 0 bridgehead atoms. The van der Waals surface area contributed by atoms with Gasteiger partial charge in [0.1, 0.15) is 17.2 Å². The Balaban J connectivity index is 2.07. The van der Waals surface area contributed by atoms with Crippen LogP contribution in [0.25, 0.3) is 0 Å². The molecular formula is C17H18FNO3. The Morgan fingerprint density at radius 2 is 1.86 bits per heavy atom. The molecule has 1 amide bonds. The molecule has 0 spiro atoms. The lowest BCUT2D eigenvalue weighted by molar-refractivity contribution is 0.0526. The molecule has 2 rings (SSSR count). The molecule has 0 aromatic heterocycles. The number of carbonyl (C=O) groups is 1. The number of amides is 1. The Morgan fingerprint density at radius 3 is 2.45 bits per heavy atom. The van der Waals surface area contributed by atoms with Gasteiger partial charge in [-0.05, 0) is 55.3 Å². The standard InChI is InChI=1S/C17H18FNO3/c1-11-7-12(9-15(20)8-11)16(21)19-10-17(2,22)13-3-5-14(18)6-4-13/h3-9,20,22H,10H2,1-2H3,(H,19,21). The fraction of sp³-hybridized carbons (Fsp3) is 0.235. The largest absolute Gasteiger partial charge is 0.508 e. The Morgan fingerprint density at radius 1 is 1.23 bits per heavy atom. The van der Waals surface area contributed by atoms with Crippen LogP contribution >= 0.6 is 0 Å². The first kappa shape index (κ1) is 16.0. The van der Waals surface area contributed by atoms with Gasteiger partial charge in [0, 0.05) is 5.56 Å². The van der Waals surface area contributed by atoms with Crippen molar-refractivity contribution in [1.29, 1.82) is 0 Å². The minimum atomic E-state index is -1.32. The fourth-order valence-electron chi connectivity index (χ4n) is 2.16. The van der Waals surface area contributed by atoms with Crippen molar-refractivity contribution < 1.29 is 19.4 Å². The Hall–Kier alpha value is -2.40. The van der Waals surface area contributed by atoms with E-state index in [0.717, 1.165) is 5.56 Å². The molecule has 0 radical (unpaired) electrons. The van der Waals surface area contributed by atoms with Crippen LogP contribution in [0.1, 0.15) is 28.4 Å². The smallest absolute Gasteiger partial charge is 0.251 e. The van der Waals surface area contributed by atoms with E-state index in [1.54, 1.807) is 19.1 Å². The highest BCUT2D eigenvalue weighted by molar-refractivity contribution is 5.94. The van der Waals surface area contributed by atoms with Crippen LogP contribution in [-0.2, 0) is 5.60 Å². The first-order valence-electron chi connectivity index (χ1n) is 6.85. The molecule has 0 saturated carbocycles. The van der Waals surface area contributed by atoms with E-state index in [4.69, 9.17) is 0 Å². The van der Waals surface area contributed by atoms with E-state index in [0.29, 0.717) is 11.1 Å². The van der Waals surface area contributed by atoms with E-state index in [1.165, 1.54) is 37.3 Å². The molecule has 4 nitrogen and oxygen atoms in total. The van der Waals surface area contributed by atoms with Crippen LogP contribution in [-0.4, -0.2) is 22.7 Å². The monoisotopic (exact) mass is 303 g/mol. The summed E-state index contributed by atoms with van der Waals surface area (Å²) in [6.07, 6.45) is 0. The zero-order chi connectivity index (χ0) is 16.3. The number of hydrogen-bond donors (Lipinski definition) is 3. The normalized spacial score (nSPS) is 13.5. The van der Waals surface area contributed by atoms with Crippen LogP contribution in [0.15, 0.2) is 42.5 Å². The summed E-state index contributed by atoms with van der Waals surface area (Å²) < 4.78 is 12.9. The van der Waals surface area contributed by atoms with E-state index < -0.39 is 11.5 Å². The lowest BCUT2D eigenvalue weighted by atomic mass is 9.96. The summed E-state index contributed by atoms with van der Waals surface area (Å²) in [7, 11) is 0. The zero-order valence-electron chi connectivity index (χ0n) is 12.4. The third kappa shape index (κ3) is 3.83. The number of phenolic OH excluding ortho intramolecular Hbond substituents is 1. The van der Waals surface area contributed by atoms with Crippen LogP contribution in [0.4, 0.5) is 4.39 Å². The van der Waals surface area contributed by atoms with Crippen molar-refractivity contribution in [3.05, 3.63) is 65.0 Å². The van der Waals surface area contributed by atoms with Crippen molar-refractivity contribution in [2.75, 3.05) is 6.54 Å². The molecule has 0 aliphatic heterocycles. The Bertz CT molecular complexity index is 661. The summed E-state index contributed by atoms with van der Waals surface area (Å²) in [5.41, 5.74) is 0.249. The number of phenols is 1. The van der Waals surface area contributed by atoms with E-state index in [-0.39, 0.29) is 18.1 Å². The van der Waals surface area contributed by atoms with Crippen molar-refractivity contribution in [3.8, 4) is 5.75 Å². The van der Waals surface area contributed by atoms with E-state index >= 15 is 0 Å². The zero-order valence-corrected chi connectivity index (χ0v) is 12.4. The molecule has 0 aliphatic rings. The summed E-state index contributed by atoms with van der Waals surface area (Å²) in [6, 6.07) is 10.00. The van der Waals surface area contributed by atoms with Crippen LogP contribution in [0, 0.1) is 12.7 Å². The molecule has 3 N–H and O–H groups in total. The van der Waals surface area contributed by atoms with Gasteiger partial charge in [0.15, 0.2) is 0 Å². The molecule has 0 heterocycles. The van der Waals surface area contributed by atoms with Crippen LogP contribution in [0.5, 0.6) is 5.75 Å². The molecule has 116 valence electrons. The highest BCUT2D eigenvalue weighted by Gasteiger charge is 2.24. The van der Waals surface area contributed by atoms with Gasteiger partial charge in [-0.3, -0.25) is 4.79 Å². The molecule has 0 fully saturated rings. The van der Waals surface area contributed by atoms with Gasteiger partial charge in [-0.15, -0.1) is 0 Å². The third-order valence-electron chi connectivity index (χ3n) is 3.38. The molecule has 1 unspecified atom stereocenters. The van der Waals surface area contributed by atoms with Crippen molar-refractivity contribution in [1.82, 2.24) is 5.32 Å². The van der Waals surface area contributed by atoms with E-state index in [9.17, 15) is 19.4 Å². The molecule has 2 aromatic rings. The molecule has 2 aromatic carbocycles. The second kappa shape index (κ2) is 6.15. The Labute approximate surface area is 128 Å². The summed E-state index contributed by atoms with van der Waals surface area (Å²) in [6.45, 7) is 3.27. The fourth-order valence-corrected chi connectivity index (χ4v) is 2.16. The molecule has 0 saturated heterocycles. The number of aryl methyl sites for hydroxylation is 1. The van der Waals surface area contributed by atoms with Gasteiger partial charge < -0.3 is 15.5 Å². The van der Waals surface area contributed by atoms with Gasteiger partial charge in [-0.25, -0.2) is 4.39 Å². The maximum absolute atomic E-state index is 12.9. The quantitative estimate of drug-likeness (QED) is 0.812. The number of aliphatic hydroxyl groups is 1. The topological polar surface area (TPSA) is 69.6 Å². The van der Waals surface area contributed by atoms with Crippen LogP contribution in [0.2, 0.25) is 0 Å². The molecular weight excluding hydrogens is 285 g/mol. The number of benzene rings is 2. The van der Waals surface area contributed by atoms with Gasteiger partial charge >= 0.3 is 0 Å². The van der Waals surface area contributed by atoms with Crippen molar-refractivity contribution in [2.24, 2.45) is 0 Å². The van der Waals surface area contributed by atoms with Gasteiger partial charge in [0.25, 0.3) is 5.91 Å². The minimum Gasteiger partial charge on any atom is -0.508 e.